The molecule has 0 spiro atoms. The van der Waals surface area contributed by atoms with E-state index in [-0.39, 0.29) is 4.90 Å². The maximum absolute atomic E-state index is 13.2. The molecule has 0 bridgehead atoms. The molecule has 0 fully saturated rings. The van der Waals surface area contributed by atoms with Crippen molar-refractivity contribution in [3.63, 3.8) is 0 Å². The Hall–Kier alpha value is -2.38. The van der Waals surface area contributed by atoms with Crippen molar-refractivity contribution in [3.05, 3.63) is 63.6 Å². The van der Waals surface area contributed by atoms with E-state index in [0.29, 0.717) is 42.7 Å². The topological polar surface area (TPSA) is 72.5 Å². The molecule has 1 aromatic heterocycles. The van der Waals surface area contributed by atoms with Gasteiger partial charge in [-0.05, 0) is 43.0 Å². The summed E-state index contributed by atoms with van der Waals surface area (Å²) in [5.41, 5.74) is 3.76. The van der Waals surface area contributed by atoms with Crippen molar-refractivity contribution in [2.75, 3.05) is 6.54 Å². The second-order valence-corrected chi connectivity index (χ2v) is 8.46. The Labute approximate surface area is 151 Å². The maximum atomic E-state index is 13.2. The van der Waals surface area contributed by atoms with Crippen LogP contribution in [-0.2, 0) is 29.5 Å². The van der Waals surface area contributed by atoms with Gasteiger partial charge in [-0.3, -0.25) is 4.57 Å². The lowest BCUT2D eigenvalue weighted by atomic mass is 10.0. The molecule has 26 heavy (non-hydrogen) atoms. The third-order valence-electron chi connectivity index (χ3n) is 4.99. The molecule has 3 aromatic rings. The SMILES string of the molecule is CCn1c(=O)oc2cc(S(=O)(=O)N3CCc4ccccc4C3)c(C)cc21. The van der Waals surface area contributed by atoms with Gasteiger partial charge in [0.2, 0.25) is 10.0 Å². The predicted octanol–water partition coefficient (Wildman–Crippen LogP) is 2.67. The van der Waals surface area contributed by atoms with Crippen LogP contribution < -0.4 is 5.76 Å². The van der Waals surface area contributed by atoms with Gasteiger partial charge < -0.3 is 4.42 Å². The lowest BCUT2D eigenvalue weighted by Crippen LogP contribution is -2.36. The molecule has 2 aromatic carbocycles. The maximum Gasteiger partial charge on any atom is 0.419 e. The number of hydrogen-bond donors (Lipinski definition) is 0. The molecule has 4 rings (SSSR count). The summed E-state index contributed by atoms with van der Waals surface area (Å²) in [4.78, 5) is 12.1. The molecular formula is C19H20N2O4S. The second-order valence-electron chi connectivity index (χ2n) is 6.55. The molecular weight excluding hydrogens is 352 g/mol. The van der Waals surface area contributed by atoms with E-state index in [2.05, 4.69) is 0 Å². The summed E-state index contributed by atoms with van der Waals surface area (Å²) in [7, 11) is -3.68. The molecule has 0 saturated heterocycles. The Kier molecular flexibility index (Phi) is 4.00. The third kappa shape index (κ3) is 2.59. The van der Waals surface area contributed by atoms with Gasteiger partial charge in [-0.2, -0.15) is 4.31 Å². The van der Waals surface area contributed by atoms with E-state index in [1.165, 1.54) is 20.5 Å². The highest BCUT2D eigenvalue weighted by atomic mass is 32.2. The summed E-state index contributed by atoms with van der Waals surface area (Å²) >= 11 is 0. The lowest BCUT2D eigenvalue weighted by Gasteiger charge is -2.28. The monoisotopic (exact) mass is 372 g/mol. The Morgan fingerprint density at radius 2 is 1.88 bits per heavy atom. The van der Waals surface area contributed by atoms with E-state index in [9.17, 15) is 13.2 Å². The summed E-state index contributed by atoms with van der Waals surface area (Å²) in [5, 5.41) is 0. The van der Waals surface area contributed by atoms with Gasteiger partial charge in [-0.25, -0.2) is 13.2 Å². The minimum Gasteiger partial charge on any atom is -0.408 e. The normalized spacial score (nSPS) is 15.3. The van der Waals surface area contributed by atoms with Crippen molar-refractivity contribution in [2.45, 2.75) is 38.3 Å². The molecule has 0 amide bonds. The third-order valence-corrected chi connectivity index (χ3v) is 6.98. The van der Waals surface area contributed by atoms with Crippen molar-refractivity contribution in [1.82, 2.24) is 8.87 Å². The van der Waals surface area contributed by atoms with Crippen LogP contribution in [0.15, 0.2) is 50.5 Å². The van der Waals surface area contributed by atoms with E-state index < -0.39 is 15.8 Å². The van der Waals surface area contributed by atoms with Gasteiger partial charge in [0, 0.05) is 25.7 Å². The van der Waals surface area contributed by atoms with Gasteiger partial charge >= 0.3 is 5.76 Å². The Bertz CT molecular complexity index is 1160. The minimum atomic E-state index is -3.68. The number of aryl methyl sites for hydroxylation is 2. The fraction of sp³-hybridized carbons (Fsp3) is 0.316. The van der Waals surface area contributed by atoms with Crippen LogP contribution in [-0.4, -0.2) is 23.8 Å². The highest BCUT2D eigenvalue weighted by molar-refractivity contribution is 7.89. The minimum absolute atomic E-state index is 0.196. The molecule has 0 radical (unpaired) electrons. The van der Waals surface area contributed by atoms with Crippen LogP contribution in [0.5, 0.6) is 0 Å². The molecule has 6 nitrogen and oxygen atoms in total. The number of sulfonamides is 1. The van der Waals surface area contributed by atoms with Crippen LogP contribution in [0.25, 0.3) is 11.1 Å². The number of hydrogen-bond acceptors (Lipinski definition) is 4. The molecule has 0 aliphatic carbocycles. The Morgan fingerprint density at radius 3 is 2.62 bits per heavy atom. The Balaban J connectivity index is 1.79. The first-order valence-electron chi connectivity index (χ1n) is 8.62. The smallest absolute Gasteiger partial charge is 0.408 e. The van der Waals surface area contributed by atoms with E-state index in [1.807, 2.05) is 31.2 Å². The van der Waals surface area contributed by atoms with Crippen LogP contribution in [0.2, 0.25) is 0 Å². The average Bonchev–Trinajstić information content (AvgIpc) is 2.94. The van der Waals surface area contributed by atoms with E-state index in [1.54, 1.807) is 13.0 Å². The van der Waals surface area contributed by atoms with Crippen molar-refractivity contribution >= 4 is 21.1 Å². The summed E-state index contributed by atoms with van der Waals surface area (Å²) < 4.78 is 34.7. The highest BCUT2D eigenvalue weighted by Crippen LogP contribution is 2.29. The first-order chi connectivity index (χ1) is 12.4. The molecule has 0 N–H and O–H groups in total. The fourth-order valence-corrected chi connectivity index (χ4v) is 5.23. The quantitative estimate of drug-likeness (QED) is 0.709. The lowest BCUT2D eigenvalue weighted by molar-refractivity contribution is 0.391. The predicted molar refractivity (Wildman–Crippen MR) is 98.6 cm³/mol. The van der Waals surface area contributed by atoms with Crippen LogP contribution in [0.3, 0.4) is 0 Å². The second kappa shape index (κ2) is 6.10. The molecule has 1 aliphatic rings. The van der Waals surface area contributed by atoms with Crippen molar-refractivity contribution < 1.29 is 12.8 Å². The first-order valence-corrected chi connectivity index (χ1v) is 10.1. The first kappa shape index (κ1) is 17.1. The van der Waals surface area contributed by atoms with Gasteiger partial charge in [-0.15, -0.1) is 0 Å². The molecule has 0 unspecified atom stereocenters. The average molecular weight is 372 g/mol. The largest absolute Gasteiger partial charge is 0.419 e. The van der Waals surface area contributed by atoms with Gasteiger partial charge in [0.25, 0.3) is 0 Å². The molecule has 0 saturated carbocycles. The zero-order valence-corrected chi connectivity index (χ0v) is 15.5. The number of aromatic nitrogens is 1. The Morgan fingerprint density at radius 1 is 1.15 bits per heavy atom. The summed E-state index contributed by atoms with van der Waals surface area (Å²) in [5.74, 6) is -0.469. The van der Waals surface area contributed by atoms with Gasteiger partial charge in [0.05, 0.1) is 10.4 Å². The van der Waals surface area contributed by atoms with Crippen LogP contribution in [0, 0.1) is 6.92 Å². The van der Waals surface area contributed by atoms with Gasteiger partial charge in [-0.1, -0.05) is 24.3 Å². The number of rotatable bonds is 3. The molecule has 2 heterocycles. The number of oxazole rings is 1. The van der Waals surface area contributed by atoms with Crippen molar-refractivity contribution in [2.24, 2.45) is 0 Å². The number of nitrogens with zero attached hydrogens (tertiary/aromatic N) is 2. The number of benzene rings is 2. The van der Waals surface area contributed by atoms with E-state index in [0.717, 1.165) is 5.56 Å². The summed E-state index contributed by atoms with van der Waals surface area (Å²) in [6.45, 7) is 4.87. The fourth-order valence-electron chi connectivity index (χ4n) is 3.59. The van der Waals surface area contributed by atoms with Crippen molar-refractivity contribution in [3.8, 4) is 0 Å². The van der Waals surface area contributed by atoms with Crippen molar-refractivity contribution in [1.29, 1.82) is 0 Å². The van der Waals surface area contributed by atoms with Crippen LogP contribution >= 0.6 is 0 Å². The van der Waals surface area contributed by atoms with Crippen LogP contribution in [0.4, 0.5) is 0 Å². The van der Waals surface area contributed by atoms with E-state index >= 15 is 0 Å². The number of fused-ring (bicyclic) bond motifs is 2. The molecule has 1 aliphatic heterocycles. The standard InChI is InChI=1S/C19H20N2O4S/c1-3-21-16-10-13(2)18(11-17(16)25-19(21)22)26(23,24)20-9-8-14-6-4-5-7-15(14)12-20/h4-7,10-11H,3,8-9,12H2,1-2H3. The van der Waals surface area contributed by atoms with Crippen LogP contribution in [0.1, 0.15) is 23.6 Å². The zero-order chi connectivity index (χ0) is 18.5. The van der Waals surface area contributed by atoms with Gasteiger partial charge in [0.1, 0.15) is 0 Å². The summed E-state index contributed by atoms with van der Waals surface area (Å²) in [6, 6.07) is 11.1. The molecule has 7 heteroatoms. The zero-order valence-electron chi connectivity index (χ0n) is 14.7. The highest BCUT2D eigenvalue weighted by Gasteiger charge is 2.30. The van der Waals surface area contributed by atoms with E-state index in [4.69, 9.17) is 4.42 Å². The van der Waals surface area contributed by atoms with Gasteiger partial charge in [0.15, 0.2) is 5.58 Å². The molecule has 136 valence electrons. The molecule has 0 atom stereocenters. The summed E-state index contributed by atoms with van der Waals surface area (Å²) in [6.07, 6.45) is 0.692.